The number of rotatable bonds is 5. The Morgan fingerprint density at radius 1 is 1.27 bits per heavy atom. The van der Waals surface area contributed by atoms with E-state index in [4.69, 9.17) is 9.47 Å². The molecule has 172 valence electrons. The molecule has 4 heterocycles. The van der Waals surface area contributed by atoms with E-state index in [9.17, 15) is 9.59 Å². The summed E-state index contributed by atoms with van der Waals surface area (Å²) in [5.74, 6) is 0.628. The van der Waals surface area contributed by atoms with E-state index in [1.54, 1.807) is 17.1 Å². The Morgan fingerprint density at radius 3 is 2.91 bits per heavy atom. The normalized spacial score (nSPS) is 19.7. The van der Waals surface area contributed by atoms with Crippen LogP contribution in [-0.2, 0) is 16.1 Å². The quantitative estimate of drug-likeness (QED) is 0.724. The lowest BCUT2D eigenvalue weighted by Gasteiger charge is -2.29. The number of benzene rings is 1. The molecular weight excluding hydrogens is 424 g/mol. The number of hydrazone groups is 1. The van der Waals surface area contributed by atoms with Crippen LogP contribution in [0.3, 0.4) is 0 Å². The highest BCUT2D eigenvalue weighted by Gasteiger charge is 2.23. The molecule has 0 radical (unpaired) electrons. The maximum Gasteiger partial charge on any atom is 0.251 e. The average Bonchev–Trinajstić information content (AvgIpc) is 3.29. The first kappa shape index (κ1) is 21.2. The Bertz CT molecular complexity index is 1170. The molecule has 5 rings (SSSR count). The molecule has 2 aromatic rings. The van der Waals surface area contributed by atoms with E-state index < -0.39 is 0 Å². The van der Waals surface area contributed by atoms with Crippen molar-refractivity contribution < 1.29 is 14.3 Å². The van der Waals surface area contributed by atoms with Crippen LogP contribution in [-0.4, -0.2) is 78.3 Å². The molecule has 1 unspecified atom stereocenters. The van der Waals surface area contributed by atoms with Crippen molar-refractivity contribution in [3.8, 4) is 5.75 Å². The van der Waals surface area contributed by atoms with Gasteiger partial charge in [0.1, 0.15) is 24.1 Å². The van der Waals surface area contributed by atoms with Gasteiger partial charge in [0, 0.05) is 55.8 Å². The van der Waals surface area contributed by atoms with E-state index in [2.05, 4.69) is 15.5 Å². The Hall–Kier alpha value is -3.66. The molecule has 3 aliphatic heterocycles. The zero-order chi connectivity index (χ0) is 22.8. The van der Waals surface area contributed by atoms with Gasteiger partial charge < -0.3 is 19.7 Å². The van der Waals surface area contributed by atoms with Gasteiger partial charge in [-0.15, -0.1) is 0 Å². The minimum Gasteiger partial charge on any atom is -0.487 e. The number of likely N-dealkylation sites (N-methyl/N-ethyl adjacent to an activating group) is 1. The number of fused-ring (bicyclic) bond motifs is 1. The van der Waals surface area contributed by atoms with E-state index in [1.165, 1.54) is 6.07 Å². The number of hydrogen-bond donors (Lipinski definition) is 1. The fourth-order valence-electron chi connectivity index (χ4n) is 4.05. The summed E-state index contributed by atoms with van der Waals surface area (Å²) in [4.78, 5) is 27.0. The molecule has 0 saturated carbocycles. The molecule has 1 amide bonds. The number of ether oxygens (including phenoxy) is 2. The minimum absolute atomic E-state index is 0.0169. The van der Waals surface area contributed by atoms with Crippen molar-refractivity contribution in [2.75, 3.05) is 51.8 Å². The summed E-state index contributed by atoms with van der Waals surface area (Å²) in [6.07, 6.45) is 5.38. The second kappa shape index (κ2) is 9.07. The van der Waals surface area contributed by atoms with Gasteiger partial charge in [0.15, 0.2) is 0 Å². The van der Waals surface area contributed by atoms with Gasteiger partial charge in [0.05, 0.1) is 26.0 Å². The predicted molar refractivity (Wildman–Crippen MR) is 123 cm³/mol. The number of hydrogen-bond acceptors (Lipinski definition) is 8. The molecule has 33 heavy (non-hydrogen) atoms. The van der Waals surface area contributed by atoms with Crippen molar-refractivity contribution in [2.45, 2.75) is 12.6 Å². The number of carbonyl (C=O) groups excluding carboxylic acids is 1. The van der Waals surface area contributed by atoms with Crippen LogP contribution in [0.25, 0.3) is 6.08 Å². The summed E-state index contributed by atoms with van der Waals surface area (Å²) in [5.41, 5.74) is 2.67. The lowest BCUT2D eigenvalue weighted by molar-refractivity contribution is -0.131. The third kappa shape index (κ3) is 4.61. The van der Waals surface area contributed by atoms with Crippen molar-refractivity contribution in [1.29, 1.82) is 0 Å². The Kier molecular flexibility index (Phi) is 5.82. The van der Waals surface area contributed by atoms with Crippen LogP contribution in [0.15, 0.2) is 45.9 Å². The van der Waals surface area contributed by atoms with Crippen LogP contribution in [0.5, 0.6) is 5.75 Å². The molecule has 1 aromatic heterocycles. The van der Waals surface area contributed by atoms with Gasteiger partial charge in [-0.2, -0.15) is 10.2 Å². The van der Waals surface area contributed by atoms with Gasteiger partial charge in [-0.3, -0.25) is 19.3 Å². The summed E-state index contributed by atoms with van der Waals surface area (Å²) < 4.78 is 13.0. The van der Waals surface area contributed by atoms with Crippen molar-refractivity contribution in [3.63, 3.8) is 0 Å². The Labute approximate surface area is 191 Å². The van der Waals surface area contributed by atoms with Gasteiger partial charge in [0.25, 0.3) is 5.91 Å². The molecule has 0 spiro atoms. The Balaban J connectivity index is 1.29. The van der Waals surface area contributed by atoms with Gasteiger partial charge in [-0.25, -0.2) is 0 Å². The zero-order valence-electron chi connectivity index (χ0n) is 18.4. The van der Waals surface area contributed by atoms with E-state index >= 15 is 0 Å². The topological polar surface area (TPSA) is 101 Å². The largest absolute Gasteiger partial charge is 0.487 e. The third-order valence-electron chi connectivity index (χ3n) is 5.90. The number of amides is 1. The van der Waals surface area contributed by atoms with Crippen LogP contribution in [0.4, 0.5) is 5.69 Å². The van der Waals surface area contributed by atoms with Crippen LogP contribution in [0.1, 0.15) is 17.3 Å². The summed E-state index contributed by atoms with van der Waals surface area (Å²) in [6.45, 7) is 3.59. The molecule has 10 nitrogen and oxygen atoms in total. The minimum atomic E-state index is -0.174. The fraction of sp³-hybridized carbons (Fsp3) is 0.391. The maximum absolute atomic E-state index is 12.8. The molecule has 0 aliphatic carbocycles. The summed E-state index contributed by atoms with van der Waals surface area (Å²) in [7, 11) is 1.89. The molecule has 1 atom stereocenters. The molecular formula is C23H26N6O4. The number of carbonyl (C=O) groups is 1. The third-order valence-corrected chi connectivity index (χ3v) is 5.90. The molecule has 0 bridgehead atoms. The van der Waals surface area contributed by atoms with Crippen LogP contribution in [0.2, 0.25) is 0 Å². The number of morpholine rings is 1. The van der Waals surface area contributed by atoms with E-state index in [1.807, 2.05) is 41.2 Å². The number of nitrogens with zero attached hydrogens (tertiary/aromatic N) is 5. The smallest absolute Gasteiger partial charge is 0.251 e. The van der Waals surface area contributed by atoms with Gasteiger partial charge in [0.2, 0.25) is 5.43 Å². The van der Waals surface area contributed by atoms with Crippen molar-refractivity contribution in [1.82, 2.24) is 19.7 Å². The lowest BCUT2D eigenvalue weighted by atomic mass is 10.0. The lowest BCUT2D eigenvalue weighted by Crippen LogP contribution is -2.42. The average molecular weight is 450 g/mol. The maximum atomic E-state index is 12.8. The Morgan fingerprint density at radius 2 is 2.12 bits per heavy atom. The van der Waals surface area contributed by atoms with Crippen LogP contribution in [0, 0.1) is 0 Å². The van der Waals surface area contributed by atoms with E-state index in [-0.39, 0.29) is 24.0 Å². The molecule has 1 fully saturated rings. The SMILES string of the molecule is CN1CC(n2ccc(=O)c(COc3ccc4c(c3)C=C(C(=O)N3CCOCC3)CN4)n2)C=N1. The summed E-state index contributed by atoms with van der Waals surface area (Å²) in [6, 6.07) is 7.11. The summed E-state index contributed by atoms with van der Waals surface area (Å²) >= 11 is 0. The molecule has 10 heteroatoms. The number of nitrogens with one attached hydrogen (secondary N) is 1. The first-order valence-electron chi connectivity index (χ1n) is 11.0. The highest BCUT2D eigenvalue weighted by Crippen LogP contribution is 2.29. The van der Waals surface area contributed by atoms with Crippen molar-refractivity contribution in [3.05, 3.63) is 57.5 Å². The van der Waals surface area contributed by atoms with Gasteiger partial charge >= 0.3 is 0 Å². The van der Waals surface area contributed by atoms with Gasteiger partial charge in [-0.05, 0) is 24.3 Å². The fourth-order valence-corrected chi connectivity index (χ4v) is 4.05. The monoisotopic (exact) mass is 450 g/mol. The predicted octanol–water partition coefficient (Wildman–Crippen LogP) is 0.962. The zero-order valence-corrected chi connectivity index (χ0v) is 18.4. The second-order valence-corrected chi connectivity index (χ2v) is 8.24. The van der Waals surface area contributed by atoms with Crippen molar-refractivity contribution in [2.24, 2.45) is 5.10 Å². The number of anilines is 1. The van der Waals surface area contributed by atoms with Crippen LogP contribution < -0.4 is 15.5 Å². The van der Waals surface area contributed by atoms with Gasteiger partial charge in [-0.1, -0.05) is 0 Å². The second-order valence-electron chi connectivity index (χ2n) is 8.24. The first-order valence-corrected chi connectivity index (χ1v) is 11.0. The standard InChI is InChI=1S/C23H26N6O4/c1-27-14-18(13-25-27)29-5-4-22(30)21(26-29)15-33-19-2-3-20-16(11-19)10-17(12-24-20)23(31)28-6-8-32-9-7-28/h2-5,10-11,13,18,24H,6-9,12,14-15H2,1H3. The number of aromatic nitrogens is 2. The van der Waals surface area contributed by atoms with Crippen LogP contribution >= 0.6 is 0 Å². The molecule has 1 saturated heterocycles. The highest BCUT2D eigenvalue weighted by molar-refractivity contribution is 6.01. The molecule has 3 aliphatic rings. The van der Waals surface area contributed by atoms with Crippen molar-refractivity contribution >= 4 is 23.9 Å². The van der Waals surface area contributed by atoms with E-state index in [0.29, 0.717) is 56.4 Å². The summed E-state index contributed by atoms with van der Waals surface area (Å²) in [5, 5.41) is 13.8. The molecule has 1 N–H and O–H groups in total. The molecule has 1 aromatic carbocycles. The highest BCUT2D eigenvalue weighted by atomic mass is 16.5. The van der Waals surface area contributed by atoms with E-state index in [0.717, 1.165) is 11.3 Å². The first-order chi connectivity index (χ1) is 16.1.